The minimum Gasteiger partial charge on any atom is -0.550 e. The fourth-order valence-electron chi connectivity index (χ4n) is 7.50. The number of hydrogen-bond donors (Lipinski definition) is 0. The van der Waals surface area contributed by atoms with E-state index in [9.17, 15) is 0 Å². The van der Waals surface area contributed by atoms with Gasteiger partial charge in [0.1, 0.15) is 11.1 Å². The van der Waals surface area contributed by atoms with Crippen molar-refractivity contribution in [3.8, 4) is 0 Å². The fourth-order valence-corrected chi connectivity index (χ4v) is 7.50. The van der Waals surface area contributed by atoms with Crippen LogP contribution in [0.5, 0.6) is 0 Å². The smallest absolute Gasteiger partial charge is 0.550 e. The summed E-state index contributed by atoms with van der Waals surface area (Å²) < 4.78 is 3.77. The predicted octanol–water partition coefficient (Wildman–Crippen LogP) is 6.05. The van der Waals surface area contributed by atoms with Gasteiger partial charge in [-0.2, -0.15) is 10.0 Å². The second-order valence-electron chi connectivity index (χ2n) is 14.8. The van der Waals surface area contributed by atoms with E-state index in [1.165, 1.54) is 77.9 Å². The van der Waals surface area contributed by atoms with Crippen molar-refractivity contribution >= 4 is 46.4 Å². The normalized spacial score (nSPS) is 12.4. The molecular formula is C46H56N6O4Pd+2. The molecule has 0 fully saturated rings. The van der Waals surface area contributed by atoms with Gasteiger partial charge in [-0.1, -0.05) is 46.5 Å². The first-order chi connectivity index (χ1) is 26.0. The van der Waals surface area contributed by atoms with Gasteiger partial charge >= 0.3 is 20.4 Å². The summed E-state index contributed by atoms with van der Waals surface area (Å²) in [7, 11) is 3.97. The number of benzene rings is 4. The van der Waals surface area contributed by atoms with Gasteiger partial charge in [-0.15, -0.1) is 0 Å². The van der Waals surface area contributed by atoms with Crippen LogP contribution in [0.25, 0.3) is 11.4 Å². The molecule has 0 unspecified atom stereocenters. The van der Waals surface area contributed by atoms with Gasteiger partial charge in [-0.05, 0) is 143 Å². The van der Waals surface area contributed by atoms with Gasteiger partial charge in [0.25, 0.3) is 11.4 Å². The Labute approximate surface area is 353 Å². The van der Waals surface area contributed by atoms with Gasteiger partial charge in [0.15, 0.2) is 11.4 Å². The quantitative estimate of drug-likeness (QED) is 0.182. The van der Waals surface area contributed by atoms with Crippen LogP contribution in [0, 0.1) is 83.1 Å². The van der Waals surface area contributed by atoms with Crippen molar-refractivity contribution in [1.29, 1.82) is 0 Å². The molecule has 0 N–H and O–H groups in total. The Balaban J connectivity index is 0.000000327. The first-order valence-electron chi connectivity index (χ1n) is 18.5. The zero-order valence-electron chi connectivity index (χ0n) is 36.3. The monoisotopic (exact) mass is 862 g/mol. The molecule has 2 radical (unpaired) electrons. The van der Waals surface area contributed by atoms with Gasteiger partial charge < -0.3 is 19.8 Å². The maximum Gasteiger partial charge on any atom is 2.00 e. The molecule has 0 bridgehead atoms. The summed E-state index contributed by atoms with van der Waals surface area (Å²) in [5.74, 6) is 4.80. The fraction of sp³-hybridized carbons (Fsp3) is 0.348. The summed E-state index contributed by atoms with van der Waals surface area (Å²) in [6.45, 7) is 27.6. The van der Waals surface area contributed by atoms with Gasteiger partial charge in [0.2, 0.25) is 11.7 Å². The molecule has 6 rings (SSSR count). The van der Waals surface area contributed by atoms with E-state index in [4.69, 9.17) is 30.9 Å². The van der Waals surface area contributed by atoms with E-state index >= 15 is 0 Å². The van der Waals surface area contributed by atoms with Crippen LogP contribution in [0.15, 0.2) is 48.5 Å². The van der Waals surface area contributed by atoms with E-state index in [-0.39, 0.29) is 20.4 Å². The average Bonchev–Trinajstić information content (AvgIpc) is 3.56. The van der Waals surface area contributed by atoms with E-state index < -0.39 is 11.9 Å². The van der Waals surface area contributed by atoms with Gasteiger partial charge in [-0.25, -0.2) is 0 Å². The van der Waals surface area contributed by atoms with Crippen molar-refractivity contribution in [2.24, 2.45) is 0 Å². The summed E-state index contributed by atoms with van der Waals surface area (Å²) in [6.07, 6.45) is 0. The van der Waals surface area contributed by atoms with E-state index in [1.54, 1.807) is 0 Å². The maximum absolute atomic E-state index is 8.89. The summed E-state index contributed by atoms with van der Waals surface area (Å²) >= 11 is 0. The molecule has 57 heavy (non-hydrogen) atoms. The molecule has 2 aliphatic heterocycles. The first-order valence-corrected chi connectivity index (χ1v) is 18.5. The zero-order valence-corrected chi connectivity index (χ0v) is 37.8. The molecule has 11 heteroatoms. The standard InChI is InChI=1S/2C21H25N3.2C2H4O2.Pd/c2*1-13-8-15(3)20(16(4)9-13)19-12-24(22-23(19)7)21-17(5)10-14(2)11-18(21)6;2*1-2(3)4;/h2*8-11H,1-7H3;2*1H3,(H,3,4);/q2*+1;;;+2/p-2. The number of carbonyl (C=O) groups excluding carboxylic acids is 2. The molecule has 2 aliphatic rings. The molecule has 0 saturated carbocycles. The number of aryl methyl sites for hydroxylation is 12. The van der Waals surface area contributed by atoms with Crippen molar-refractivity contribution in [1.82, 2.24) is 21.1 Å². The largest absolute Gasteiger partial charge is 2.00 e. The third kappa shape index (κ3) is 12.3. The van der Waals surface area contributed by atoms with Gasteiger partial charge in [0, 0.05) is 68.8 Å². The van der Waals surface area contributed by atoms with Crippen LogP contribution >= 0.6 is 0 Å². The molecule has 0 saturated heterocycles. The number of aliphatic carboxylic acids is 2. The van der Waals surface area contributed by atoms with Crippen LogP contribution < -0.4 is 21.3 Å². The van der Waals surface area contributed by atoms with Crippen LogP contribution in [-0.2, 0) is 30.0 Å². The van der Waals surface area contributed by atoms with E-state index in [0.717, 1.165) is 36.6 Å². The van der Waals surface area contributed by atoms with Crippen LogP contribution in [0.4, 0.5) is 11.4 Å². The second-order valence-corrected chi connectivity index (χ2v) is 14.8. The van der Waals surface area contributed by atoms with E-state index in [2.05, 4.69) is 143 Å². The number of carboxylic acids is 2. The van der Waals surface area contributed by atoms with Gasteiger partial charge in [0.05, 0.1) is 0 Å². The van der Waals surface area contributed by atoms with Crippen LogP contribution in [0.1, 0.15) is 91.7 Å². The Morgan fingerprint density at radius 3 is 0.877 bits per heavy atom. The Kier molecular flexibility index (Phi) is 16.9. The third-order valence-corrected chi connectivity index (χ3v) is 9.04. The summed E-state index contributed by atoms with van der Waals surface area (Å²) in [4.78, 5) is 17.8. The summed E-state index contributed by atoms with van der Waals surface area (Å²) in [5, 5.41) is 21.6. The predicted molar refractivity (Wildman–Crippen MR) is 220 cm³/mol. The summed E-state index contributed by atoms with van der Waals surface area (Å²) in [5.41, 5.74) is 31.1. The van der Waals surface area contributed by atoms with Crippen LogP contribution in [-0.4, -0.2) is 57.2 Å². The van der Waals surface area contributed by atoms with Gasteiger partial charge in [-0.3, -0.25) is 0 Å². The van der Waals surface area contributed by atoms with Crippen molar-refractivity contribution in [3.63, 3.8) is 0 Å². The Hall–Kier alpha value is -5.42. The molecule has 0 aromatic heterocycles. The molecule has 4 aromatic carbocycles. The molecule has 0 amide bonds. The Bertz CT molecular complexity index is 2070. The topological polar surface area (TPSA) is 121 Å². The number of hydrogen-bond acceptors (Lipinski definition) is 6. The minimum atomic E-state index is -1.08. The Morgan fingerprint density at radius 2 is 0.667 bits per heavy atom. The van der Waals surface area contributed by atoms with E-state index in [0.29, 0.717) is 0 Å². The van der Waals surface area contributed by atoms with Crippen molar-refractivity contribution in [2.45, 2.75) is 96.9 Å². The van der Waals surface area contributed by atoms with Crippen molar-refractivity contribution in [2.75, 3.05) is 14.1 Å². The molecule has 0 atom stereocenters. The molecule has 302 valence electrons. The molecule has 10 nitrogen and oxygen atoms in total. The Morgan fingerprint density at radius 1 is 0.474 bits per heavy atom. The third-order valence-electron chi connectivity index (χ3n) is 9.04. The maximum atomic E-state index is 8.89. The number of carboxylic acid groups (broad SMARTS) is 2. The average molecular weight is 863 g/mol. The van der Waals surface area contributed by atoms with E-state index in [1.807, 2.05) is 33.5 Å². The van der Waals surface area contributed by atoms with Crippen molar-refractivity contribution < 1.29 is 49.6 Å². The SMILES string of the molecule is CC(=O)[O-].CC(=O)[O-].Cc1cc(C)c(C2=C=[N+](c3c(C)cc(C)cc3C)[N]N2C)c(C)c1.Cc1cc(C)c(C2=C=[N+](c3c(C)cc(C)cc3C)[N]N2C)c(C)c1.[Pd+2]. The first kappa shape index (κ1) is 47.7. The van der Waals surface area contributed by atoms with Crippen molar-refractivity contribution in [3.05, 3.63) is 126 Å². The molecule has 0 aliphatic carbocycles. The number of carbonyl (C=O) groups is 2. The second kappa shape index (κ2) is 20.1. The summed E-state index contributed by atoms with van der Waals surface area (Å²) in [6, 6.07) is 17.6. The number of nitrogens with zero attached hydrogens (tertiary/aromatic N) is 6. The zero-order chi connectivity index (χ0) is 42.3. The van der Waals surface area contributed by atoms with Crippen LogP contribution in [0.3, 0.4) is 0 Å². The minimum absolute atomic E-state index is 0. The molecular weight excluding hydrogens is 807 g/mol. The van der Waals surface area contributed by atoms with Crippen LogP contribution in [0.2, 0.25) is 0 Å². The molecule has 2 heterocycles. The number of rotatable bonds is 4. The molecule has 0 spiro atoms. The molecule has 4 aromatic rings.